The van der Waals surface area contributed by atoms with Gasteiger partial charge in [-0.3, -0.25) is 4.79 Å². The van der Waals surface area contributed by atoms with Crippen LogP contribution in [0.2, 0.25) is 5.02 Å². The topological polar surface area (TPSA) is 49.3 Å². The van der Waals surface area contributed by atoms with Gasteiger partial charge in [0.1, 0.15) is 5.82 Å². The number of aliphatic hydroxyl groups is 1. The molecular formula is C14H9ClFNO2. The van der Waals surface area contributed by atoms with Gasteiger partial charge in [0.2, 0.25) is 0 Å². The monoisotopic (exact) mass is 277 g/mol. The predicted octanol–water partition coefficient (Wildman–Crippen LogP) is 2.67. The van der Waals surface area contributed by atoms with Crippen LogP contribution < -0.4 is 5.32 Å². The van der Waals surface area contributed by atoms with Gasteiger partial charge in [-0.15, -0.1) is 0 Å². The Morgan fingerprint density at radius 2 is 1.89 bits per heavy atom. The van der Waals surface area contributed by atoms with Crippen molar-refractivity contribution < 1.29 is 14.3 Å². The molecule has 3 nitrogen and oxygen atoms in total. The van der Waals surface area contributed by atoms with E-state index in [-0.39, 0.29) is 10.6 Å². The maximum atomic E-state index is 14.0. The van der Waals surface area contributed by atoms with Crippen molar-refractivity contribution >= 4 is 23.2 Å². The molecule has 1 heterocycles. The van der Waals surface area contributed by atoms with E-state index in [9.17, 15) is 14.3 Å². The van der Waals surface area contributed by atoms with Gasteiger partial charge in [0.15, 0.2) is 5.60 Å². The fourth-order valence-electron chi connectivity index (χ4n) is 2.29. The standard InChI is InChI=1S/C14H9ClFNO2/c15-8-5-6-9(11(16)7-8)14(19)10-3-1-2-4-12(10)17-13(14)18/h1-7,19H,(H,17,18). The molecular weight excluding hydrogens is 269 g/mol. The Hall–Kier alpha value is -1.91. The lowest BCUT2D eigenvalue weighted by molar-refractivity contribution is -0.129. The molecule has 0 saturated heterocycles. The molecule has 2 N–H and O–H groups in total. The van der Waals surface area contributed by atoms with Crippen molar-refractivity contribution in [1.82, 2.24) is 0 Å². The number of nitrogens with one attached hydrogen (secondary N) is 1. The first-order valence-corrected chi connectivity index (χ1v) is 6.00. The van der Waals surface area contributed by atoms with E-state index in [1.807, 2.05) is 0 Å². The Morgan fingerprint density at radius 3 is 2.63 bits per heavy atom. The van der Waals surface area contributed by atoms with Crippen molar-refractivity contribution in [3.05, 3.63) is 64.4 Å². The molecule has 1 amide bonds. The highest BCUT2D eigenvalue weighted by Crippen LogP contribution is 2.41. The summed E-state index contributed by atoms with van der Waals surface area (Å²) >= 11 is 5.68. The molecule has 0 spiro atoms. The minimum absolute atomic E-state index is 0.112. The van der Waals surface area contributed by atoms with E-state index in [0.717, 1.165) is 6.07 Å². The number of amides is 1. The van der Waals surface area contributed by atoms with E-state index in [0.29, 0.717) is 11.3 Å². The Bertz CT molecular complexity index is 689. The summed E-state index contributed by atoms with van der Waals surface area (Å²) in [5.41, 5.74) is -1.32. The second kappa shape index (κ2) is 4.05. The van der Waals surface area contributed by atoms with Crippen LogP contribution in [0.25, 0.3) is 0 Å². The van der Waals surface area contributed by atoms with E-state index in [1.165, 1.54) is 12.1 Å². The van der Waals surface area contributed by atoms with E-state index < -0.39 is 17.3 Å². The third kappa shape index (κ3) is 1.64. The van der Waals surface area contributed by atoms with Gasteiger partial charge in [-0.2, -0.15) is 0 Å². The fourth-order valence-corrected chi connectivity index (χ4v) is 2.45. The van der Waals surface area contributed by atoms with Gasteiger partial charge in [-0.05, 0) is 18.2 Å². The molecule has 0 aliphatic carbocycles. The number of hydrogen-bond acceptors (Lipinski definition) is 2. The third-order valence-electron chi connectivity index (χ3n) is 3.21. The van der Waals surface area contributed by atoms with Crippen LogP contribution in [0.15, 0.2) is 42.5 Å². The Morgan fingerprint density at radius 1 is 1.16 bits per heavy atom. The summed E-state index contributed by atoms with van der Waals surface area (Å²) in [5, 5.41) is 13.4. The molecule has 1 aliphatic rings. The highest BCUT2D eigenvalue weighted by Gasteiger charge is 2.48. The number of halogens is 2. The second-order valence-electron chi connectivity index (χ2n) is 4.33. The molecule has 0 bridgehead atoms. The van der Waals surface area contributed by atoms with E-state index in [1.54, 1.807) is 24.3 Å². The van der Waals surface area contributed by atoms with E-state index >= 15 is 0 Å². The molecule has 1 unspecified atom stereocenters. The van der Waals surface area contributed by atoms with Crippen LogP contribution in [-0.4, -0.2) is 11.0 Å². The smallest absolute Gasteiger partial charge is 0.265 e. The maximum Gasteiger partial charge on any atom is 0.265 e. The number of hydrogen-bond donors (Lipinski definition) is 2. The third-order valence-corrected chi connectivity index (χ3v) is 3.45. The lowest BCUT2D eigenvalue weighted by Gasteiger charge is -2.22. The summed E-state index contributed by atoms with van der Waals surface area (Å²) < 4.78 is 14.0. The molecule has 2 aromatic rings. The molecule has 0 radical (unpaired) electrons. The summed E-state index contributed by atoms with van der Waals surface area (Å²) in [4.78, 5) is 12.0. The lowest BCUT2D eigenvalue weighted by Crippen LogP contribution is -2.36. The minimum atomic E-state index is -2.02. The molecule has 1 aliphatic heterocycles. The van der Waals surface area contributed by atoms with Crippen LogP contribution in [0.4, 0.5) is 10.1 Å². The van der Waals surface area contributed by atoms with Gasteiger partial charge in [-0.1, -0.05) is 35.9 Å². The van der Waals surface area contributed by atoms with Crippen LogP contribution in [0, 0.1) is 5.82 Å². The van der Waals surface area contributed by atoms with Gasteiger partial charge >= 0.3 is 0 Å². The number of anilines is 1. The SMILES string of the molecule is O=C1Nc2ccccc2C1(O)c1ccc(Cl)cc1F. The molecule has 5 heteroatoms. The molecule has 96 valence electrons. The molecule has 3 rings (SSSR count). The first-order chi connectivity index (χ1) is 9.03. The van der Waals surface area contributed by atoms with Gasteiger partial charge in [0.25, 0.3) is 5.91 Å². The Balaban J connectivity index is 2.25. The number of carbonyl (C=O) groups excluding carboxylic acids is 1. The number of benzene rings is 2. The zero-order valence-electron chi connectivity index (χ0n) is 9.65. The molecule has 2 aromatic carbocycles. The highest BCUT2D eigenvalue weighted by atomic mass is 35.5. The number of carbonyl (C=O) groups is 1. The minimum Gasteiger partial charge on any atom is -0.372 e. The molecule has 0 saturated carbocycles. The van der Waals surface area contributed by atoms with Crippen LogP contribution in [-0.2, 0) is 10.4 Å². The molecule has 19 heavy (non-hydrogen) atoms. The summed E-state index contributed by atoms with van der Waals surface area (Å²) in [6.45, 7) is 0. The van der Waals surface area contributed by atoms with Crippen LogP contribution in [0.3, 0.4) is 0 Å². The number of para-hydroxylation sites is 1. The van der Waals surface area contributed by atoms with Crippen LogP contribution in [0.1, 0.15) is 11.1 Å². The lowest BCUT2D eigenvalue weighted by atomic mass is 9.87. The van der Waals surface area contributed by atoms with Gasteiger partial charge in [0.05, 0.1) is 0 Å². The summed E-state index contributed by atoms with van der Waals surface area (Å²) in [6.07, 6.45) is 0. The van der Waals surface area contributed by atoms with Crippen LogP contribution >= 0.6 is 11.6 Å². The van der Waals surface area contributed by atoms with Crippen molar-refractivity contribution in [3.8, 4) is 0 Å². The quantitative estimate of drug-likeness (QED) is 0.842. The highest BCUT2D eigenvalue weighted by molar-refractivity contribution is 6.30. The Labute approximate surface area is 113 Å². The van der Waals surface area contributed by atoms with Crippen LogP contribution in [0.5, 0.6) is 0 Å². The first-order valence-electron chi connectivity index (χ1n) is 5.62. The fraction of sp³-hybridized carbons (Fsp3) is 0.0714. The molecule has 0 aromatic heterocycles. The largest absolute Gasteiger partial charge is 0.372 e. The van der Waals surface area contributed by atoms with Gasteiger partial charge in [0, 0.05) is 21.8 Å². The van der Waals surface area contributed by atoms with Crippen molar-refractivity contribution in [1.29, 1.82) is 0 Å². The summed E-state index contributed by atoms with van der Waals surface area (Å²) in [7, 11) is 0. The van der Waals surface area contributed by atoms with Gasteiger partial charge in [-0.25, -0.2) is 4.39 Å². The average molecular weight is 278 g/mol. The van der Waals surface area contributed by atoms with E-state index in [2.05, 4.69) is 5.32 Å². The summed E-state index contributed by atoms with van der Waals surface area (Å²) in [5.74, 6) is -1.39. The predicted molar refractivity (Wildman–Crippen MR) is 69.5 cm³/mol. The molecule has 0 fully saturated rings. The van der Waals surface area contributed by atoms with E-state index in [4.69, 9.17) is 11.6 Å². The first kappa shape index (κ1) is 12.1. The zero-order valence-corrected chi connectivity index (χ0v) is 10.4. The number of rotatable bonds is 1. The van der Waals surface area contributed by atoms with Crippen molar-refractivity contribution in [3.63, 3.8) is 0 Å². The zero-order chi connectivity index (χ0) is 13.6. The maximum absolute atomic E-state index is 14.0. The molecule has 1 atom stereocenters. The average Bonchev–Trinajstić information content (AvgIpc) is 2.63. The summed E-state index contributed by atoms with van der Waals surface area (Å²) in [6, 6.07) is 10.5. The van der Waals surface area contributed by atoms with Crippen molar-refractivity contribution in [2.24, 2.45) is 0 Å². The van der Waals surface area contributed by atoms with Gasteiger partial charge < -0.3 is 10.4 Å². The second-order valence-corrected chi connectivity index (χ2v) is 4.77. The normalized spacial score (nSPS) is 21.1. The van der Waals surface area contributed by atoms with Crippen molar-refractivity contribution in [2.75, 3.05) is 5.32 Å². The van der Waals surface area contributed by atoms with Crippen molar-refractivity contribution in [2.45, 2.75) is 5.60 Å². The number of fused-ring (bicyclic) bond motifs is 1. The Kier molecular flexibility index (Phi) is 2.59.